The quantitative estimate of drug-likeness (QED) is 0.696. The smallest absolute Gasteiger partial charge is 0.180 e. The molecule has 4 nitrogen and oxygen atoms in total. The summed E-state index contributed by atoms with van der Waals surface area (Å²) in [5.41, 5.74) is 5.96. The maximum absolute atomic E-state index is 11.1. The van der Waals surface area contributed by atoms with E-state index in [-0.39, 0.29) is 5.78 Å². The van der Waals surface area contributed by atoms with E-state index >= 15 is 0 Å². The van der Waals surface area contributed by atoms with Crippen LogP contribution in [0.5, 0.6) is 0 Å². The molecule has 0 spiro atoms. The Balaban J connectivity index is 2.27. The highest BCUT2D eigenvalue weighted by Gasteiger charge is 2.04. The van der Waals surface area contributed by atoms with Crippen LogP contribution in [0, 0.1) is 0 Å². The number of nitrogens with zero attached hydrogens (tertiary/aromatic N) is 1. The average Bonchev–Trinajstić information content (AvgIpc) is 2.53. The Labute approximate surface area is 70.8 Å². The van der Waals surface area contributed by atoms with E-state index in [1.165, 1.54) is 12.7 Å². The summed E-state index contributed by atoms with van der Waals surface area (Å²) in [5.74, 6) is 0.161. The molecule has 1 heterocycles. The van der Waals surface area contributed by atoms with Gasteiger partial charge < -0.3 is 10.2 Å². The van der Waals surface area contributed by atoms with Crippen molar-refractivity contribution in [2.75, 3.05) is 6.54 Å². The van der Waals surface area contributed by atoms with E-state index in [4.69, 9.17) is 10.2 Å². The van der Waals surface area contributed by atoms with Gasteiger partial charge in [0.05, 0.1) is 12.1 Å². The lowest BCUT2D eigenvalue weighted by Gasteiger charge is -1.94. The van der Waals surface area contributed by atoms with Gasteiger partial charge in [0, 0.05) is 6.42 Å². The first-order valence-electron chi connectivity index (χ1n) is 3.91. The summed E-state index contributed by atoms with van der Waals surface area (Å²) in [5, 5.41) is 0. The van der Waals surface area contributed by atoms with Gasteiger partial charge in [-0.15, -0.1) is 0 Å². The predicted molar refractivity (Wildman–Crippen MR) is 43.5 cm³/mol. The molecular weight excluding hydrogens is 156 g/mol. The molecule has 1 rings (SSSR count). The largest absolute Gasteiger partial charge is 0.451 e. The van der Waals surface area contributed by atoms with Crippen LogP contribution in [-0.2, 0) is 11.2 Å². The van der Waals surface area contributed by atoms with Crippen molar-refractivity contribution >= 4 is 5.78 Å². The van der Waals surface area contributed by atoms with Crippen LogP contribution in [0.3, 0.4) is 0 Å². The number of oxazole rings is 1. The summed E-state index contributed by atoms with van der Waals surface area (Å²) in [4.78, 5) is 15.0. The summed E-state index contributed by atoms with van der Waals surface area (Å²) >= 11 is 0. The van der Waals surface area contributed by atoms with Gasteiger partial charge in [0.1, 0.15) is 12.0 Å². The van der Waals surface area contributed by atoms with Gasteiger partial charge >= 0.3 is 0 Å². The van der Waals surface area contributed by atoms with Crippen molar-refractivity contribution in [2.24, 2.45) is 5.73 Å². The van der Waals surface area contributed by atoms with E-state index in [2.05, 4.69) is 4.98 Å². The number of aromatic nitrogens is 1. The lowest BCUT2D eigenvalue weighted by Crippen LogP contribution is -2.06. The summed E-state index contributed by atoms with van der Waals surface area (Å²) in [7, 11) is 0. The van der Waals surface area contributed by atoms with Crippen molar-refractivity contribution in [3.63, 3.8) is 0 Å². The predicted octanol–water partition coefficient (Wildman–Crippen LogP) is 0.525. The third-order valence-corrected chi connectivity index (χ3v) is 1.52. The molecule has 4 heteroatoms. The van der Waals surface area contributed by atoms with Gasteiger partial charge in [0.15, 0.2) is 6.39 Å². The van der Waals surface area contributed by atoms with Crippen molar-refractivity contribution in [1.29, 1.82) is 0 Å². The molecule has 0 atom stereocenters. The minimum absolute atomic E-state index is 0.161. The van der Waals surface area contributed by atoms with Crippen LogP contribution in [0.2, 0.25) is 0 Å². The Morgan fingerprint density at radius 2 is 2.50 bits per heavy atom. The van der Waals surface area contributed by atoms with Crippen LogP contribution < -0.4 is 5.73 Å². The first-order valence-corrected chi connectivity index (χ1v) is 3.91. The standard InChI is InChI=1S/C8H12N2O2/c9-3-1-2-8(11)4-7-5-12-6-10-7/h5-6H,1-4,9H2. The Morgan fingerprint density at radius 3 is 3.08 bits per heavy atom. The Kier molecular flexibility index (Phi) is 3.47. The Hall–Kier alpha value is -1.16. The van der Waals surface area contributed by atoms with Gasteiger partial charge in [-0.3, -0.25) is 4.79 Å². The molecule has 0 saturated heterocycles. The second-order valence-corrected chi connectivity index (χ2v) is 2.59. The number of carbonyl (C=O) groups is 1. The normalized spacial score (nSPS) is 10.1. The van der Waals surface area contributed by atoms with Crippen LogP contribution >= 0.6 is 0 Å². The number of hydrogen-bond donors (Lipinski definition) is 1. The first kappa shape index (κ1) is 8.93. The number of ketones is 1. The van der Waals surface area contributed by atoms with Crippen LogP contribution in [0.25, 0.3) is 0 Å². The zero-order chi connectivity index (χ0) is 8.81. The number of carbonyl (C=O) groups excluding carboxylic acids is 1. The zero-order valence-electron chi connectivity index (χ0n) is 6.82. The van der Waals surface area contributed by atoms with Crippen LogP contribution in [0.1, 0.15) is 18.5 Å². The second kappa shape index (κ2) is 4.66. The van der Waals surface area contributed by atoms with Gasteiger partial charge in [-0.1, -0.05) is 0 Å². The van der Waals surface area contributed by atoms with Gasteiger partial charge in [-0.2, -0.15) is 0 Å². The minimum atomic E-state index is 0.161. The van der Waals surface area contributed by atoms with Crippen LogP contribution in [0.4, 0.5) is 0 Å². The maximum atomic E-state index is 11.1. The topological polar surface area (TPSA) is 69.1 Å². The molecule has 1 aromatic heterocycles. The van der Waals surface area contributed by atoms with E-state index in [1.807, 2.05) is 0 Å². The molecule has 0 fully saturated rings. The molecule has 0 aliphatic rings. The number of Topliss-reactive ketones (excluding diaryl/α,β-unsaturated/α-hetero) is 1. The summed E-state index contributed by atoms with van der Waals surface area (Å²) in [6, 6.07) is 0. The average molecular weight is 168 g/mol. The molecule has 2 N–H and O–H groups in total. The van der Waals surface area contributed by atoms with E-state index in [0.717, 1.165) is 6.42 Å². The lowest BCUT2D eigenvalue weighted by molar-refractivity contribution is -0.118. The summed E-state index contributed by atoms with van der Waals surface area (Å²) in [6.07, 6.45) is 4.45. The fraction of sp³-hybridized carbons (Fsp3) is 0.500. The van der Waals surface area contributed by atoms with Crippen molar-refractivity contribution in [3.05, 3.63) is 18.4 Å². The summed E-state index contributed by atoms with van der Waals surface area (Å²) < 4.78 is 4.73. The Morgan fingerprint density at radius 1 is 1.67 bits per heavy atom. The molecule has 0 aliphatic carbocycles. The molecule has 0 aromatic carbocycles. The first-order chi connectivity index (χ1) is 5.83. The molecule has 0 unspecified atom stereocenters. The molecule has 0 bridgehead atoms. The molecule has 0 radical (unpaired) electrons. The monoisotopic (exact) mass is 168 g/mol. The highest BCUT2D eigenvalue weighted by molar-refractivity contribution is 5.80. The molecule has 66 valence electrons. The van der Waals surface area contributed by atoms with Crippen molar-refractivity contribution in [1.82, 2.24) is 4.98 Å². The second-order valence-electron chi connectivity index (χ2n) is 2.59. The zero-order valence-corrected chi connectivity index (χ0v) is 6.82. The van der Waals surface area contributed by atoms with E-state index in [1.54, 1.807) is 0 Å². The Bertz CT molecular complexity index is 231. The molecule has 1 aromatic rings. The molecule has 0 aliphatic heterocycles. The fourth-order valence-corrected chi connectivity index (χ4v) is 0.914. The van der Waals surface area contributed by atoms with Gasteiger partial charge in [-0.25, -0.2) is 4.98 Å². The van der Waals surface area contributed by atoms with Crippen molar-refractivity contribution in [3.8, 4) is 0 Å². The molecule has 12 heavy (non-hydrogen) atoms. The fourth-order valence-electron chi connectivity index (χ4n) is 0.914. The summed E-state index contributed by atoms with van der Waals surface area (Å²) in [6.45, 7) is 0.560. The minimum Gasteiger partial charge on any atom is -0.451 e. The number of nitrogens with two attached hydrogens (primary N) is 1. The third kappa shape index (κ3) is 2.84. The van der Waals surface area contributed by atoms with Crippen LogP contribution in [0.15, 0.2) is 17.1 Å². The molecular formula is C8H12N2O2. The van der Waals surface area contributed by atoms with Gasteiger partial charge in [0.25, 0.3) is 0 Å². The highest BCUT2D eigenvalue weighted by Crippen LogP contribution is 1.99. The maximum Gasteiger partial charge on any atom is 0.180 e. The highest BCUT2D eigenvalue weighted by atomic mass is 16.3. The SMILES string of the molecule is NCCCC(=O)Cc1cocn1. The lowest BCUT2D eigenvalue weighted by atomic mass is 10.1. The van der Waals surface area contributed by atoms with Gasteiger partial charge in [-0.05, 0) is 13.0 Å². The van der Waals surface area contributed by atoms with Crippen molar-refractivity contribution < 1.29 is 9.21 Å². The van der Waals surface area contributed by atoms with Crippen molar-refractivity contribution in [2.45, 2.75) is 19.3 Å². The number of hydrogen-bond acceptors (Lipinski definition) is 4. The van der Waals surface area contributed by atoms with E-state index in [0.29, 0.717) is 25.1 Å². The third-order valence-electron chi connectivity index (χ3n) is 1.52. The molecule has 0 saturated carbocycles. The van der Waals surface area contributed by atoms with Crippen LogP contribution in [-0.4, -0.2) is 17.3 Å². The van der Waals surface area contributed by atoms with E-state index in [9.17, 15) is 4.79 Å². The molecule has 0 amide bonds. The number of rotatable bonds is 5. The van der Waals surface area contributed by atoms with Gasteiger partial charge in [0.2, 0.25) is 0 Å². The van der Waals surface area contributed by atoms with E-state index < -0.39 is 0 Å².